The highest BCUT2D eigenvalue weighted by Gasteiger charge is 2.27. The van der Waals surface area contributed by atoms with E-state index >= 15 is 0 Å². The number of quaternary nitrogens is 1. The van der Waals surface area contributed by atoms with Crippen molar-refractivity contribution in [1.29, 1.82) is 0 Å². The summed E-state index contributed by atoms with van der Waals surface area (Å²) >= 11 is 0. The highest BCUT2D eigenvalue weighted by atomic mass is 31.2. The van der Waals surface area contributed by atoms with Crippen LogP contribution in [0.4, 0.5) is 0 Å². The number of allylic oxidation sites excluding steroid dienone is 7. The second-order valence-corrected chi connectivity index (χ2v) is 18.4. The van der Waals surface area contributed by atoms with Gasteiger partial charge >= 0.3 is 19.8 Å². The van der Waals surface area contributed by atoms with Crippen LogP contribution in [0.25, 0.3) is 0 Å². The number of phosphoric ester groups is 1. The summed E-state index contributed by atoms with van der Waals surface area (Å²) in [7, 11) is 1.42. The van der Waals surface area contributed by atoms with Crippen LogP contribution in [-0.2, 0) is 32.7 Å². The van der Waals surface area contributed by atoms with E-state index in [4.69, 9.17) is 18.5 Å². The van der Waals surface area contributed by atoms with Crippen LogP contribution >= 0.6 is 7.82 Å². The zero-order chi connectivity index (χ0) is 43.7. The Morgan fingerprint density at radius 1 is 0.593 bits per heavy atom. The fourth-order valence-corrected chi connectivity index (χ4v) is 6.94. The van der Waals surface area contributed by atoms with E-state index in [-0.39, 0.29) is 38.1 Å². The van der Waals surface area contributed by atoms with Crippen molar-refractivity contribution in [1.82, 2.24) is 0 Å². The van der Waals surface area contributed by atoms with Crippen LogP contribution < -0.4 is 0 Å². The van der Waals surface area contributed by atoms with Gasteiger partial charge in [0.2, 0.25) is 0 Å². The van der Waals surface area contributed by atoms with Gasteiger partial charge in [0.1, 0.15) is 19.8 Å². The van der Waals surface area contributed by atoms with Crippen molar-refractivity contribution >= 4 is 19.8 Å². The third-order valence-electron chi connectivity index (χ3n) is 9.93. The quantitative estimate of drug-likeness (QED) is 0.0203. The van der Waals surface area contributed by atoms with Crippen LogP contribution in [0.15, 0.2) is 48.6 Å². The number of unbranched alkanes of at least 4 members (excludes halogenated alkanes) is 18. The number of hydrogen-bond acceptors (Lipinski definition) is 8. The average molecular weight is 855 g/mol. The van der Waals surface area contributed by atoms with Gasteiger partial charge in [0.05, 0.1) is 33.9 Å². The smallest absolute Gasteiger partial charge is 0.462 e. The predicted molar refractivity (Wildman–Crippen MR) is 244 cm³/mol. The Bertz CT molecular complexity index is 1160. The molecule has 59 heavy (non-hydrogen) atoms. The number of aliphatic hydroxyl groups excluding tert-OH is 1. The normalized spacial score (nSPS) is 14.5. The van der Waals surface area contributed by atoms with Crippen molar-refractivity contribution in [3.8, 4) is 0 Å². The first-order valence-electron chi connectivity index (χ1n) is 23.5. The number of hydrogen-bond donors (Lipinski definition) is 2. The highest BCUT2D eigenvalue weighted by Crippen LogP contribution is 2.43. The first kappa shape index (κ1) is 56.9. The molecule has 0 saturated heterocycles. The number of likely N-dealkylation sites (N-methyl/N-ethyl adjacent to an activating group) is 1. The summed E-state index contributed by atoms with van der Waals surface area (Å²) in [6.45, 7) is 4.20. The van der Waals surface area contributed by atoms with Gasteiger partial charge in [0.25, 0.3) is 0 Å². The lowest BCUT2D eigenvalue weighted by Crippen LogP contribution is -2.37. The molecule has 0 aliphatic rings. The molecule has 0 rings (SSSR count). The number of carbonyl (C=O) groups excluding carboxylic acids is 2. The fourth-order valence-electron chi connectivity index (χ4n) is 6.20. The van der Waals surface area contributed by atoms with Gasteiger partial charge in [-0.05, 0) is 44.9 Å². The summed E-state index contributed by atoms with van der Waals surface area (Å²) < 4.78 is 34.3. The summed E-state index contributed by atoms with van der Waals surface area (Å²) in [4.78, 5) is 35.4. The molecule has 0 aliphatic carbocycles. The highest BCUT2D eigenvalue weighted by molar-refractivity contribution is 7.47. The second kappa shape index (κ2) is 40.0. The molecule has 0 bridgehead atoms. The Morgan fingerprint density at radius 2 is 1.07 bits per heavy atom. The van der Waals surface area contributed by atoms with Gasteiger partial charge in [-0.25, -0.2) is 4.57 Å². The van der Waals surface area contributed by atoms with Gasteiger partial charge in [-0.2, -0.15) is 0 Å². The average Bonchev–Trinajstić information content (AvgIpc) is 3.18. The Balaban J connectivity index is 4.43. The minimum absolute atomic E-state index is 0.0139. The van der Waals surface area contributed by atoms with E-state index in [1.807, 2.05) is 39.4 Å². The number of carbonyl (C=O) groups is 2. The van der Waals surface area contributed by atoms with Crippen LogP contribution in [0, 0.1) is 0 Å². The lowest BCUT2D eigenvalue weighted by molar-refractivity contribution is -0.870. The molecule has 0 aromatic carbocycles. The molecule has 10 nitrogen and oxygen atoms in total. The first-order chi connectivity index (χ1) is 28.4. The molecular weight excluding hydrogens is 765 g/mol. The van der Waals surface area contributed by atoms with Gasteiger partial charge in [0, 0.05) is 12.8 Å². The molecule has 0 aromatic rings. The largest absolute Gasteiger partial charge is 0.472 e. The van der Waals surface area contributed by atoms with Crippen LogP contribution in [0.3, 0.4) is 0 Å². The van der Waals surface area contributed by atoms with Crippen molar-refractivity contribution in [2.45, 2.75) is 199 Å². The summed E-state index contributed by atoms with van der Waals surface area (Å²) in [5.74, 6) is -0.883. The third-order valence-corrected chi connectivity index (χ3v) is 10.9. The van der Waals surface area contributed by atoms with Crippen molar-refractivity contribution < 1.29 is 47.2 Å². The van der Waals surface area contributed by atoms with E-state index in [0.717, 1.165) is 57.8 Å². The molecule has 0 aromatic heterocycles. The second-order valence-electron chi connectivity index (χ2n) is 17.0. The molecule has 0 radical (unpaired) electrons. The lowest BCUT2D eigenvalue weighted by Gasteiger charge is -2.24. The number of ether oxygens (including phenoxy) is 2. The maximum absolute atomic E-state index is 12.7. The summed E-state index contributed by atoms with van der Waals surface area (Å²) in [6, 6.07) is 0. The molecule has 0 amide bonds. The molecule has 3 atom stereocenters. The number of esters is 2. The van der Waals surface area contributed by atoms with Crippen LogP contribution in [0.5, 0.6) is 0 Å². The minimum Gasteiger partial charge on any atom is -0.462 e. The van der Waals surface area contributed by atoms with Crippen LogP contribution in [0.1, 0.15) is 187 Å². The Hall–Kier alpha value is -2.07. The fraction of sp³-hybridized carbons (Fsp3) is 0.792. The predicted octanol–water partition coefficient (Wildman–Crippen LogP) is 12.4. The van der Waals surface area contributed by atoms with Gasteiger partial charge in [-0.15, -0.1) is 0 Å². The summed E-state index contributed by atoms with van der Waals surface area (Å²) in [6.07, 6.45) is 43.6. The molecule has 2 N–H and O–H groups in total. The van der Waals surface area contributed by atoms with Crippen LogP contribution in [-0.4, -0.2) is 86.1 Å². The van der Waals surface area contributed by atoms with Gasteiger partial charge in [-0.3, -0.25) is 18.6 Å². The van der Waals surface area contributed by atoms with Crippen molar-refractivity contribution in [2.75, 3.05) is 47.5 Å². The molecule has 0 fully saturated rings. The van der Waals surface area contributed by atoms with E-state index in [9.17, 15) is 24.2 Å². The molecule has 0 saturated carbocycles. The maximum Gasteiger partial charge on any atom is 0.472 e. The third kappa shape index (κ3) is 43.8. The zero-order valence-corrected chi connectivity index (χ0v) is 39.2. The van der Waals surface area contributed by atoms with Gasteiger partial charge in [0.15, 0.2) is 6.10 Å². The molecule has 344 valence electrons. The maximum atomic E-state index is 12.7. The van der Waals surface area contributed by atoms with Crippen molar-refractivity contribution in [2.24, 2.45) is 0 Å². The van der Waals surface area contributed by atoms with Crippen molar-refractivity contribution in [3.63, 3.8) is 0 Å². The van der Waals surface area contributed by atoms with E-state index in [1.165, 1.54) is 89.9 Å². The lowest BCUT2D eigenvalue weighted by atomic mass is 10.0. The number of rotatable bonds is 42. The van der Waals surface area contributed by atoms with E-state index in [2.05, 4.69) is 44.2 Å². The Labute approximate surface area is 361 Å². The Kier molecular flexibility index (Phi) is 38.6. The van der Waals surface area contributed by atoms with Crippen LogP contribution in [0.2, 0.25) is 0 Å². The van der Waals surface area contributed by atoms with Crippen molar-refractivity contribution in [3.05, 3.63) is 48.6 Å². The number of aliphatic hydroxyl groups is 1. The van der Waals surface area contributed by atoms with Gasteiger partial charge < -0.3 is 24.0 Å². The summed E-state index contributed by atoms with van der Waals surface area (Å²) in [5, 5.41) is 9.83. The summed E-state index contributed by atoms with van der Waals surface area (Å²) in [5.41, 5.74) is 0. The molecular formula is C48H89NO9P+. The topological polar surface area (TPSA) is 129 Å². The zero-order valence-electron chi connectivity index (χ0n) is 38.3. The SMILES string of the molecule is CCCCCCCCCCCCCCCCCCCC(=O)OC[C@H](COP(=O)(O)OCC[N+](C)(C)C)OC(=O)CCC/C=C\C/C=C\C/C=C\C/C=C\[C@H](O)CCCC. The monoisotopic (exact) mass is 855 g/mol. The molecule has 11 heteroatoms. The molecule has 0 spiro atoms. The molecule has 1 unspecified atom stereocenters. The van der Waals surface area contributed by atoms with E-state index in [0.29, 0.717) is 23.9 Å². The number of nitrogens with zero attached hydrogens (tertiary/aromatic N) is 1. The van der Waals surface area contributed by atoms with E-state index < -0.39 is 26.5 Å². The van der Waals surface area contributed by atoms with E-state index in [1.54, 1.807) is 0 Å². The standard InChI is InChI=1S/C48H88NO9P/c1-6-8-10-11-12-13-14-15-16-17-18-19-23-26-29-32-35-39-47(51)55-43-46(44-57-59(53,54)56-42-41-49(3,4)5)58-48(52)40-36-33-30-27-24-21-20-22-25-28-31-34-38-45(50)37-9-7-2/h20-21,25,27-28,30,34,38,45-46,50H,6-19,22-24,26,29,31-33,35-37,39-44H2,1-5H3/p+1/b21-20-,28-25-,30-27-,38-34-/t45-,46-/m1/s1. The molecule has 0 aliphatic heterocycles. The van der Waals surface area contributed by atoms with Gasteiger partial charge in [-0.1, -0.05) is 178 Å². The minimum atomic E-state index is -4.40. The Morgan fingerprint density at radius 3 is 1.59 bits per heavy atom. The number of phosphoric acid groups is 1. The molecule has 0 heterocycles. The first-order valence-corrected chi connectivity index (χ1v) is 24.9.